The number of ether oxygens (including phenoxy) is 2. The minimum Gasteiger partial charge on any atom is -0.475 e. The van der Waals surface area contributed by atoms with E-state index < -0.39 is 11.5 Å². The van der Waals surface area contributed by atoms with Gasteiger partial charge in [0.15, 0.2) is 0 Å². The number of carbonyl (C=O) groups is 2. The Kier molecular flexibility index (Phi) is 8.03. The molecule has 0 bridgehead atoms. The average molecular weight is 539 g/mol. The van der Waals surface area contributed by atoms with E-state index >= 15 is 0 Å². The molecule has 0 saturated heterocycles. The van der Waals surface area contributed by atoms with Crippen LogP contribution in [0.4, 0.5) is 11.5 Å². The number of amides is 2. The Morgan fingerprint density at radius 3 is 2.84 bits per heavy atom. The summed E-state index contributed by atoms with van der Waals surface area (Å²) in [6.45, 7) is 1.32. The lowest BCUT2D eigenvalue weighted by atomic mass is 9.81. The number of anilines is 2. The summed E-state index contributed by atoms with van der Waals surface area (Å²) < 4.78 is 10.6. The predicted octanol–water partition coefficient (Wildman–Crippen LogP) is 2.50. The summed E-state index contributed by atoms with van der Waals surface area (Å²) in [5, 5.41) is 20.3. The number of carbonyl (C=O) groups excluding carboxylic acids is 2. The number of hydrogen-bond donors (Lipinski definition) is 4. The van der Waals surface area contributed by atoms with E-state index in [1.165, 1.54) is 11.8 Å². The standard InChI is InChI=1S/C26H30N6O5S/c1-36-12-13-37-22-5-3-18-23(32-22)19(8-11-27-18)30-25(34)26(35)9-6-16(7-10-26)28-14-17-2-4-20-24(29-17)31-21(33)15-38-20/h2-5,8,11,16,28,35H,6-7,9-10,12-15H2,1H3,(H,27,30,34)(H,29,31,33). The summed E-state index contributed by atoms with van der Waals surface area (Å²) in [4.78, 5) is 39.1. The fourth-order valence-corrected chi connectivity index (χ4v) is 5.29. The largest absolute Gasteiger partial charge is 0.475 e. The fourth-order valence-electron chi connectivity index (χ4n) is 4.53. The van der Waals surface area contributed by atoms with E-state index in [4.69, 9.17) is 9.47 Å². The van der Waals surface area contributed by atoms with E-state index in [0.717, 1.165) is 10.6 Å². The van der Waals surface area contributed by atoms with Gasteiger partial charge in [0.25, 0.3) is 5.91 Å². The van der Waals surface area contributed by atoms with Crippen molar-refractivity contribution in [1.82, 2.24) is 20.3 Å². The lowest BCUT2D eigenvalue weighted by molar-refractivity contribution is -0.137. The summed E-state index contributed by atoms with van der Waals surface area (Å²) in [7, 11) is 1.59. The summed E-state index contributed by atoms with van der Waals surface area (Å²) in [6.07, 6.45) is 3.50. The summed E-state index contributed by atoms with van der Waals surface area (Å²) in [5.74, 6) is 0.908. The molecule has 1 aliphatic carbocycles. The zero-order valence-electron chi connectivity index (χ0n) is 21.0. The Morgan fingerprint density at radius 2 is 2.03 bits per heavy atom. The smallest absolute Gasteiger partial charge is 0.256 e. The molecule has 4 heterocycles. The monoisotopic (exact) mass is 538 g/mol. The first-order valence-electron chi connectivity index (χ1n) is 12.5. The minimum atomic E-state index is -1.48. The van der Waals surface area contributed by atoms with Crippen molar-refractivity contribution in [2.24, 2.45) is 0 Å². The number of nitrogens with one attached hydrogen (secondary N) is 3. The van der Waals surface area contributed by atoms with Gasteiger partial charge in [0.1, 0.15) is 23.5 Å². The third kappa shape index (κ3) is 6.04. The first-order chi connectivity index (χ1) is 18.4. The molecule has 3 aromatic rings. The predicted molar refractivity (Wildman–Crippen MR) is 143 cm³/mol. The molecule has 0 radical (unpaired) electrons. The number of nitrogens with zero attached hydrogens (tertiary/aromatic N) is 3. The van der Waals surface area contributed by atoms with E-state index in [0.29, 0.717) is 79.6 Å². The highest BCUT2D eigenvalue weighted by Gasteiger charge is 2.40. The van der Waals surface area contributed by atoms with Crippen LogP contribution in [0.5, 0.6) is 5.88 Å². The second-order valence-corrected chi connectivity index (χ2v) is 10.4. The molecule has 1 fully saturated rings. The van der Waals surface area contributed by atoms with Crippen LogP contribution < -0.4 is 20.7 Å². The quantitative estimate of drug-likeness (QED) is 0.300. The molecule has 0 unspecified atom stereocenters. The van der Waals surface area contributed by atoms with Crippen molar-refractivity contribution in [2.75, 3.05) is 36.7 Å². The van der Waals surface area contributed by atoms with Crippen molar-refractivity contribution in [3.8, 4) is 5.88 Å². The van der Waals surface area contributed by atoms with Crippen LogP contribution in [0.1, 0.15) is 31.4 Å². The van der Waals surface area contributed by atoms with Gasteiger partial charge in [0, 0.05) is 32.0 Å². The Hall–Kier alpha value is -3.32. The molecule has 1 saturated carbocycles. The van der Waals surface area contributed by atoms with Crippen LogP contribution in [-0.2, 0) is 20.9 Å². The summed E-state index contributed by atoms with van der Waals surface area (Å²) in [5.41, 5.74) is 0.909. The molecule has 4 N–H and O–H groups in total. The summed E-state index contributed by atoms with van der Waals surface area (Å²) in [6, 6.07) is 9.21. The minimum absolute atomic E-state index is 0.0451. The Balaban J connectivity index is 1.17. The molecule has 0 atom stereocenters. The van der Waals surface area contributed by atoms with Gasteiger partial charge in [-0.3, -0.25) is 14.6 Å². The molecule has 12 heteroatoms. The lowest BCUT2D eigenvalue weighted by Gasteiger charge is -2.35. The third-order valence-electron chi connectivity index (χ3n) is 6.68. The molecular formula is C26H30N6O5S. The molecule has 2 aliphatic rings. The molecule has 38 heavy (non-hydrogen) atoms. The van der Waals surface area contributed by atoms with Gasteiger partial charge in [0.2, 0.25) is 11.8 Å². The number of pyridine rings is 3. The van der Waals surface area contributed by atoms with E-state index in [1.54, 1.807) is 31.5 Å². The van der Waals surface area contributed by atoms with E-state index in [9.17, 15) is 14.7 Å². The second kappa shape index (κ2) is 11.6. The highest BCUT2D eigenvalue weighted by atomic mass is 32.2. The van der Waals surface area contributed by atoms with Crippen molar-refractivity contribution < 1.29 is 24.2 Å². The van der Waals surface area contributed by atoms with Gasteiger partial charge in [-0.2, -0.15) is 0 Å². The van der Waals surface area contributed by atoms with E-state index in [2.05, 4.69) is 30.9 Å². The highest BCUT2D eigenvalue weighted by Crippen LogP contribution is 2.32. The topological polar surface area (TPSA) is 148 Å². The van der Waals surface area contributed by atoms with Crippen LogP contribution in [0.2, 0.25) is 0 Å². The van der Waals surface area contributed by atoms with Gasteiger partial charge in [-0.25, -0.2) is 9.97 Å². The maximum atomic E-state index is 13.2. The highest BCUT2D eigenvalue weighted by molar-refractivity contribution is 8.00. The average Bonchev–Trinajstić information content (AvgIpc) is 2.93. The fraction of sp³-hybridized carbons (Fsp3) is 0.423. The zero-order valence-corrected chi connectivity index (χ0v) is 21.8. The van der Waals surface area contributed by atoms with Gasteiger partial charge < -0.3 is 30.5 Å². The van der Waals surface area contributed by atoms with E-state index in [-0.39, 0.29) is 11.9 Å². The first-order valence-corrected chi connectivity index (χ1v) is 13.5. The second-order valence-electron chi connectivity index (χ2n) is 9.34. The molecular weight excluding hydrogens is 508 g/mol. The first kappa shape index (κ1) is 26.3. The normalized spacial score (nSPS) is 21.0. The van der Waals surface area contributed by atoms with Crippen molar-refractivity contribution in [3.05, 3.63) is 42.2 Å². The number of thioether (sulfide) groups is 1. The number of fused-ring (bicyclic) bond motifs is 2. The number of hydrogen-bond acceptors (Lipinski definition) is 10. The third-order valence-corrected chi connectivity index (χ3v) is 7.73. The van der Waals surface area contributed by atoms with Crippen LogP contribution in [0.3, 0.4) is 0 Å². The molecule has 0 aromatic carbocycles. The molecule has 200 valence electrons. The van der Waals surface area contributed by atoms with Gasteiger partial charge in [-0.05, 0) is 49.9 Å². The van der Waals surface area contributed by atoms with Crippen LogP contribution >= 0.6 is 11.8 Å². The molecule has 2 amide bonds. The van der Waals surface area contributed by atoms with Crippen molar-refractivity contribution >= 4 is 46.1 Å². The Labute approximate surface area is 224 Å². The molecule has 1 aliphatic heterocycles. The number of aromatic nitrogens is 3. The molecule has 0 spiro atoms. The zero-order chi connectivity index (χ0) is 26.5. The van der Waals surface area contributed by atoms with Crippen molar-refractivity contribution in [1.29, 1.82) is 0 Å². The lowest BCUT2D eigenvalue weighted by Crippen LogP contribution is -2.48. The van der Waals surface area contributed by atoms with Gasteiger partial charge in [-0.1, -0.05) is 0 Å². The van der Waals surface area contributed by atoms with Gasteiger partial charge >= 0.3 is 0 Å². The van der Waals surface area contributed by atoms with Crippen LogP contribution in [0, 0.1) is 0 Å². The van der Waals surface area contributed by atoms with Crippen molar-refractivity contribution in [3.63, 3.8) is 0 Å². The molecule has 3 aromatic heterocycles. The van der Waals surface area contributed by atoms with Crippen molar-refractivity contribution in [2.45, 2.75) is 48.8 Å². The molecule has 5 rings (SSSR count). The molecule has 11 nitrogen and oxygen atoms in total. The van der Waals surface area contributed by atoms with Gasteiger partial charge in [0.05, 0.1) is 34.2 Å². The van der Waals surface area contributed by atoms with Gasteiger partial charge in [-0.15, -0.1) is 11.8 Å². The number of methoxy groups -OCH3 is 1. The SMILES string of the molecule is COCCOc1ccc2nccc(NC(=O)C3(O)CCC(NCc4ccc5c(n4)NC(=O)CS5)CC3)c2n1. The Bertz CT molecular complexity index is 1330. The maximum absolute atomic E-state index is 13.2. The van der Waals surface area contributed by atoms with E-state index in [1.807, 2.05) is 12.1 Å². The number of aliphatic hydroxyl groups is 1. The van der Waals surface area contributed by atoms with Crippen LogP contribution in [0.25, 0.3) is 11.0 Å². The van der Waals surface area contributed by atoms with Crippen LogP contribution in [-0.4, -0.2) is 69.6 Å². The van der Waals surface area contributed by atoms with Crippen LogP contribution in [0.15, 0.2) is 41.4 Å². The summed E-state index contributed by atoms with van der Waals surface area (Å²) >= 11 is 1.48. The Morgan fingerprint density at radius 1 is 1.18 bits per heavy atom. The number of rotatable bonds is 9. The maximum Gasteiger partial charge on any atom is 0.256 e.